The Bertz CT molecular complexity index is 704. The van der Waals surface area contributed by atoms with Crippen molar-refractivity contribution in [2.75, 3.05) is 26.4 Å². The minimum Gasteiger partial charge on any atom is -0.355 e. The zero-order chi connectivity index (χ0) is 18.5. The molecule has 0 bridgehead atoms. The minimum absolute atomic E-state index is 0. The maximum Gasteiger partial charge on any atom is 0.193 e. The zero-order valence-electron chi connectivity index (χ0n) is 15.1. The fourth-order valence-corrected chi connectivity index (χ4v) is 3.28. The number of halogens is 3. The summed E-state index contributed by atoms with van der Waals surface area (Å²) in [4.78, 5) is 6.08. The van der Waals surface area contributed by atoms with Crippen molar-refractivity contribution < 1.29 is 8.42 Å². The molecule has 0 unspecified atom stereocenters. The van der Waals surface area contributed by atoms with Gasteiger partial charge in [0, 0.05) is 27.2 Å². The monoisotopic (exact) mass is 521 g/mol. The maximum atomic E-state index is 12.1. The molecule has 25 heavy (non-hydrogen) atoms. The van der Waals surface area contributed by atoms with Gasteiger partial charge >= 0.3 is 0 Å². The van der Waals surface area contributed by atoms with Gasteiger partial charge < -0.3 is 10.2 Å². The number of sulfone groups is 1. The molecule has 1 aromatic carbocycles. The Morgan fingerprint density at radius 2 is 1.84 bits per heavy atom. The van der Waals surface area contributed by atoms with Crippen molar-refractivity contribution in [2.24, 2.45) is 4.99 Å². The Labute approximate surface area is 178 Å². The fraction of sp³-hybridized carbons (Fsp3) is 0.562. The summed E-state index contributed by atoms with van der Waals surface area (Å²) in [5, 5.41) is 4.10. The number of aliphatic imine (C=N–C) groups is 1. The van der Waals surface area contributed by atoms with E-state index < -0.39 is 14.6 Å². The first-order chi connectivity index (χ1) is 11.0. The second-order valence-electron chi connectivity index (χ2n) is 6.51. The van der Waals surface area contributed by atoms with Crippen molar-refractivity contribution in [3.05, 3.63) is 33.8 Å². The topological polar surface area (TPSA) is 61.8 Å². The van der Waals surface area contributed by atoms with Gasteiger partial charge in [0.05, 0.1) is 20.5 Å². The number of hydrogen-bond donors (Lipinski definition) is 1. The number of nitrogens with zero attached hydrogens (tertiary/aromatic N) is 2. The zero-order valence-corrected chi connectivity index (χ0v) is 19.8. The SMILES string of the molecule is CN=C(NCCS(=O)(=O)C(C)(C)C)N(C)Cc1ccc(Cl)c(Cl)c1.I. The third kappa shape index (κ3) is 7.48. The predicted molar refractivity (Wildman–Crippen MR) is 118 cm³/mol. The summed E-state index contributed by atoms with van der Waals surface area (Å²) in [5.41, 5.74) is 0.983. The molecule has 0 aromatic heterocycles. The molecule has 0 saturated heterocycles. The summed E-state index contributed by atoms with van der Waals surface area (Å²) in [6.07, 6.45) is 0. The maximum absolute atomic E-state index is 12.1. The van der Waals surface area contributed by atoms with E-state index in [0.717, 1.165) is 5.56 Å². The van der Waals surface area contributed by atoms with Crippen LogP contribution in [0.5, 0.6) is 0 Å². The van der Waals surface area contributed by atoms with E-state index in [-0.39, 0.29) is 29.7 Å². The van der Waals surface area contributed by atoms with Gasteiger partial charge in [0.1, 0.15) is 0 Å². The van der Waals surface area contributed by atoms with Gasteiger partial charge in [0.2, 0.25) is 0 Å². The molecule has 0 atom stereocenters. The molecule has 1 aromatic rings. The average molecular weight is 522 g/mol. The van der Waals surface area contributed by atoms with E-state index >= 15 is 0 Å². The number of hydrogen-bond acceptors (Lipinski definition) is 3. The summed E-state index contributed by atoms with van der Waals surface area (Å²) in [6.45, 7) is 5.98. The summed E-state index contributed by atoms with van der Waals surface area (Å²) in [7, 11) is 0.365. The molecular weight excluding hydrogens is 496 g/mol. The quantitative estimate of drug-likeness (QED) is 0.363. The molecule has 0 aliphatic carbocycles. The van der Waals surface area contributed by atoms with Crippen molar-refractivity contribution in [3.8, 4) is 0 Å². The van der Waals surface area contributed by atoms with Crippen LogP contribution in [0.1, 0.15) is 26.3 Å². The Kier molecular flexibility index (Phi) is 10.1. The van der Waals surface area contributed by atoms with Crippen LogP contribution in [-0.2, 0) is 16.4 Å². The lowest BCUT2D eigenvalue weighted by atomic mass is 10.2. The fourth-order valence-electron chi connectivity index (χ4n) is 1.97. The van der Waals surface area contributed by atoms with Crippen LogP contribution in [0.4, 0.5) is 0 Å². The Hall–Kier alpha value is -0.250. The smallest absolute Gasteiger partial charge is 0.193 e. The number of nitrogens with one attached hydrogen (secondary N) is 1. The lowest BCUT2D eigenvalue weighted by Gasteiger charge is -2.24. The van der Waals surface area contributed by atoms with Crippen molar-refractivity contribution in [3.63, 3.8) is 0 Å². The predicted octanol–water partition coefficient (Wildman–Crippen LogP) is 3.83. The van der Waals surface area contributed by atoms with Crippen molar-refractivity contribution in [1.29, 1.82) is 0 Å². The van der Waals surface area contributed by atoms with Gasteiger partial charge in [0.25, 0.3) is 0 Å². The largest absolute Gasteiger partial charge is 0.355 e. The minimum atomic E-state index is -3.16. The van der Waals surface area contributed by atoms with Gasteiger partial charge in [-0.25, -0.2) is 8.42 Å². The molecule has 0 saturated carbocycles. The van der Waals surface area contributed by atoms with Crippen LogP contribution < -0.4 is 5.32 Å². The molecular formula is C16H26Cl2IN3O2S. The van der Waals surface area contributed by atoms with Crippen LogP contribution in [-0.4, -0.2) is 50.4 Å². The Balaban J connectivity index is 0.00000576. The molecule has 144 valence electrons. The molecule has 0 spiro atoms. The van der Waals surface area contributed by atoms with Gasteiger partial charge in [0.15, 0.2) is 15.8 Å². The molecule has 0 aliphatic heterocycles. The van der Waals surface area contributed by atoms with Gasteiger partial charge in [-0.1, -0.05) is 29.3 Å². The summed E-state index contributed by atoms with van der Waals surface area (Å²) in [5.74, 6) is 0.668. The molecule has 1 rings (SSSR count). The van der Waals surface area contributed by atoms with Crippen LogP contribution in [0, 0.1) is 0 Å². The summed E-state index contributed by atoms with van der Waals surface area (Å²) < 4.78 is 23.5. The highest BCUT2D eigenvalue weighted by Crippen LogP contribution is 2.23. The molecule has 1 N–H and O–H groups in total. The van der Waals surface area contributed by atoms with Gasteiger partial charge in [-0.05, 0) is 38.5 Å². The van der Waals surface area contributed by atoms with E-state index in [9.17, 15) is 8.42 Å². The van der Waals surface area contributed by atoms with Crippen LogP contribution >= 0.6 is 47.2 Å². The normalized spacial score (nSPS) is 12.5. The van der Waals surface area contributed by atoms with Gasteiger partial charge in [-0.3, -0.25) is 4.99 Å². The second-order valence-corrected chi connectivity index (χ2v) is 10.2. The highest BCUT2D eigenvalue weighted by Gasteiger charge is 2.28. The number of benzene rings is 1. The summed E-state index contributed by atoms with van der Waals surface area (Å²) in [6, 6.07) is 5.44. The van der Waals surface area contributed by atoms with Crippen LogP contribution in [0.25, 0.3) is 0 Å². The summed E-state index contributed by atoms with van der Waals surface area (Å²) >= 11 is 11.9. The third-order valence-electron chi connectivity index (χ3n) is 3.56. The van der Waals surface area contributed by atoms with E-state index in [1.54, 1.807) is 40.0 Å². The van der Waals surface area contributed by atoms with Crippen LogP contribution in [0.15, 0.2) is 23.2 Å². The molecule has 0 radical (unpaired) electrons. The second kappa shape index (κ2) is 10.2. The van der Waals surface area contributed by atoms with E-state index in [2.05, 4.69) is 10.3 Å². The van der Waals surface area contributed by atoms with Crippen molar-refractivity contribution in [1.82, 2.24) is 10.2 Å². The van der Waals surface area contributed by atoms with Gasteiger partial charge in [-0.15, -0.1) is 24.0 Å². The first-order valence-electron chi connectivity index (χ1n) is 7.56. The van der Waals surface area contributed by atoms with Gasteiger partial charge in [-0.2, -0.15) is 0 Å². The molecule has 9 heteroatoms. The highest BCUT2D eigenvalue weighted by molar-refractivity contribution is 14.0. The number of guanidine groups is 1. The first-order valence-corrected chi connectivity index (χ1v) is 9.97. The molecule has 0 heterocycles. The lowest BCUT2D eigenvalue weighted by Crippen LogP contribution is -2.42. The number of rotatable bonds is 5. The van der Waals surface area contributed by atoms with Crippen molar-refractivity contribution >= 4 is 63.0 Å². The van der Waals surface area contributed by atoms with Crippen LogP contribution in [0.2, 0.25) is 10.0 Å². The third-order valence-corrected chi connectivity index (χ3v) is 6.91. The first kappa shape index (κ1) is 24.8. The van der Waals surface area contributed by atoms with Crippen molar-refractivity contribution in [2.45, 2.75) is 32.1 Å². The van der Waals surface area contributed by atoms with Crippen LogP contribution in [0.3, 0.4) is 0 Å². The van der Waals surface area contributed by atoms with E-state index in [4.69, 9.17) is 23.2 Å². The Morgan fingerprint density at radius 3 is 2.32 bits per heavy atom. The highest BCUT2D eigenvalue weighted by atomic mass is 127. The molecule has 5 nitrogen and oxygen atoms in total. The van der Waals surface area contributed by atoms with E-state index in [0.29, 0.717) is 29.1 Å². The average Bonchev–Trinajstić information content (AvgIpc) is 2.46. The lowest BCUT2D eigenvalue weighted by molar-refractivity contribution is 0.478. The molecule has 0 aliphatic rings. The molecule has 0 fully saturated rings. The molecule has 0 amide bonds. The Morgan fingerprint density at radius 1 is 1.24 bits per heavy atom. The van der Waals surface area contributed by atoms with E-state index in [1.165, 1.54) is 0 Å². The standard InChI is InChI=1S/C16H25Cl2N3O2S.HI/c1-16(2,3)24(22,23)9-8-20-15(19-4)21(5)11-12-6-7-13(17)14(18)10-12;/h6-7,10H,8-9,11H2,1-5H3,(H,19,20);1H. The van der Waals surface area contributed by atoms with E-state index in [1.807, 2.05) is 18.0 Å².